The maximum absolute atomic E-state index is 13.4. The smallest absolute Gasteiger partial charge is 0.268 e. The lowest BCUT2D eigenvalue weighted by Crippen LogP contribution is -2.58. The van der Waals surface area contributed by atoms with Crippen molar-refractivity contribution in [2.75, 3.05) is 0 Å². The molecule has 2 atom stereocenters. The van der Waals surface area contributed by atoms with Crippen molar-refractivity contribution in [2.45, 2.75) is 37.3 Å². The molecule has 0 aromatic heterocycles. The second-order valence-corrected chi connectivity index (χ2v) is 3.68. The zero-order valence-corrected chi connectivity index (χ0v) is 8.84. The van der Waals surface area contributed by atoms with E-state index in [-0.39, 0.29) is 12.4 Å². The van der Waals surface area contributed by atoms with Gasteiger partial charge in [0.05, 0.1) is 0 Å². The number of carbonyl (C=O) groups excluding carboxylic acids is 1. The van der Waals surface area contributed by atoms with Crippen molar-refractivity contribution in [3.05, 3.63) is 0 Å². The Kier molecular flexibility index (Phi) is 4.89. The highest BCUT2D eigenvalue weighted by Gasteiger charge is 2.51. The van der Waals surface area contributed by atoms with Gasteiger partial charge in [-0.25, -0.2) is 8.78 Å². The third kappa shape index (κ3) is 2.76. The van der Waals surface area contributed by atoms with Crippen LogP contribution >= 0.6 is 12.4 Å². The van der Waals surface area contributed by atoms with Crippen molar-refractivity contribution in [3.63, 3.8) is 0 Å². The number of nitrogens with two attached hydrogens (primary N) is 2. The summed E-state index contributed by atoms with van der Waals surface area (Å²) in [6, 6.07) is -1.90. The molecule has 4 nitrogen and oxygen atoms in total. The summed E-state index contributed by atoms with van der Waals surface area (Å²) in [6.07, 6.45) is -0.483. The number of hydrogen-bond acceptors (Lipinski definition) is 3. The van der Waals surface area contributed by atoms with Crippen LogP contribution in [0.3, 0.4) is 0 Å². The summed E-state index contributed by atoms with van der Waals surface area (Å²) in [4.78, 5) is 10.5. The van der Waals surface area contributed by atoms with Crippen LogP contribution < -0.4 is 11.5 Å². The molecule has 0 radical (unpaired) electrons. The number of hydrogen-bond donors (Lipinski definition) is 3. The molecule has 2 unspecified atom stereocenters. The van der Waals surface area contributed by atoms with Gasteiger partial charge in [0.1, 0.15) is 6.04 Å². The van der Waals surface area contributed by atoms with E-state index in [1.54, 1.807) is 0 Å². The molecular weight excluding hydrogens is 230 g/mol. The van der Waals surface area contributed by atoms with E-state index in [0.29, 0.717) is 12.8 Å². The van der Waals surface area contributed by atoms with Crippen molar-refractivity contribution in [1.82, 2.24) is 0 Å². The molecule has 0 aliphatic heterocycles. The van der Waals surface area contributed by atoms with Gasteiger partial charge in [0.15, 0.2) is 6.10 Å². The van der Waals surface area contributed by atoms with Gasteiger partial charge < -0.3 is 16.6 Å². The van der Waals surface area contributed by atoms with Crippen molar-refractivity contribution in [1.29, 1.82) is 0 Å². The highest BCUT2D eigenvalue weighted by Crippen LogP contribution is 2.41. The molecule has 0 heterocycles. The molecule has 1 fully saturated rings. The average molecular weight is 245 g/mol. The molecule has 90 valence electrons. The van der Waals surface area contributed by atoms with E-state index in [4.69, 9.17) is 16.6 Å². The second-order valence-electron chi connectivity index (χ2n) is 3.68. The lowest BCUT2D eigenvalue weighted by atomic mass is 9.77. The molecule has 5 N–H and O–H groups in total. The van der Waals surface area contributed by atoms with Crippen LogP contribution in [-0.4, -0.2) is 29.1 Å². The van der Waals surface area contributed by atoms with E-state index in [1.165, 1.54) is 0 Å². The topological polar surface area (TPSA) is 89.3 Å². The van der Waals surface area contributed by atoms with E-state index in [9.17, 15) is 13.6 Å². The van der Waals surface area contributed by atoms with Gasteiger partial charge in [0.25, 0.3) is 5.92 Å². The SMILES string of the molecule is Cl.NC(=O)C(O)C(N)C(F)(F)C1CCC1. The number of halogens is 3. The number of aliphatic hydroxyl groups excluding tert-OH is 1. The number of alkyl halides is 2. The summed E-state index contributed by atoms with van der Waals surface area (Å²) >= 11 is 0. The molecule has 15 heavy (non-hydrogen) atoms. The molecule has 0 saturated heterocycles. The first-order valence-electron chi connectivity index (χ1n) is 4.48. The molecule has 1 aliphatic rings. The quantitative estimate of drug-likeness (QED) is 0.651. The van der Waals surface area contributed by atoms with Crippen LogP contribution in [0.2, 0.25) is 0 Å². The van der Waals surface area contributed by atoms with Gasteiger partial charge in [-0.2, -0.15) is 0 Å². The zero-order chi connectivity index (χ0) is 10.9. The third-order valence-electron chi connectivity index (χ3n) is 2.73. The van der Waals surface area contributed by atoms with Gasteiger partial charge >= 0.3 is 0 Å². The minimum Gasteiger partial charge on any atom is -0.381 e. The number of primary amides is 1. The summed E-state index contributed by atoms with van der Waals surface area (Å²) < 4.78 is 26.8. The molecule has 1 rings (SSSR count). The number of amides is 1. The van der Waals surface area contributed by atoms with Crippen LogP contribution in [0.15, 0.2) is 0 Å². The maximum atomic E-state index is 13.4. The summed E-state index contributed by atoms with van der Waals surface area (Å²) in [5.74, 6) is -5.25. The van der Waals surface area contributed by atoms with E-state index in [0.717, 1.165) is 6.42 Å². The molecule has 1 saturated carbocycles. The first-order chi connectivity index (χ1) is 6.37. The van der Waals surface area contributed by atoms with Crippen LogP contribution in [0.5, 0.6) is 0 Å². The van der Waals surface area contributed by atoms with Gasteiger partial charge in [-0.15, -0.1) is 12.4 Å². The van der Waals surface area contributed by atoms with Crippen LogP contribution in [0, 0.1) is 5.92 Å². The molecule has 0 aromatic carbocycles. The molecule has 7 heteroatoms. The van der Waals surface area contributed by atoms with E-state index in [1.807, 2.05) is 0 Å². The minimum absolute atomic E-state index is 0. The number of carbonyl (C=O) groups is 1. The Hall–Kier alpha value is -0.460. The Bertz CT molecular complexity index is 237. The summed E-state index contributed by atoms with van der Waals surface area (Å²) in [5.41, 5.74) is 9.80. The standard InChI is InChI=1S/C8H14F2N2O2.ClH/c9-8(10,4-2-1-3-4)6(11)5(13)7(12)14;/h4-6,13H,1-3,11H2,(H2,12,14);1H. The third-order valence-corrected chi connectivity index (χ3v) is 2.73. The minimum atomic E-state index is -3.22. The van der Waals surface area contributed by atoms with Crippen LogP contribution in [0.1, 0.15) is 19.3 Å². The zero-order valence-electron chi connectivity index (χ0n) is 8.03. The van der Waals surface area contributed by atoms with Gasteiger partial charge in [0.2, 0.25) is 5.91 Å². The van der Waals surface area contributed by atoms with Crippen LogP contribution in [0.25, 0.3) is 0 Å². The fourth-order valence-electron chi connectivity index (χ4n) is 1.45. The summed E-state index contributed by atoms with van der Waals surface area (Å²) in [5, 5.41) is 9.02. The van der Waals surface area contributed by atoms with Crippen molar-refractivity contribution < 1.29 is 18.7 Å². The molecule has 1 aliphatic carbocycles. The number of rotatable bonds is 4. The van der Waals surface area contributed by atoms with E-state index in [2.05, 4.69) is 0 Å². The van der Waals surface area contributed by atoms with E-state index >= 15 is 0 Å². The highest BCUT2D eigenvalue weighted by atomic mass is 35.5. The van der Waals surface area contributed by atoms with Gasteiger partial charge in [-0.1, -0.05) is 6.42 Å². The fraction of sp³-hybridized carbons (Fsp3) is 0.875. The first-order valence-corrected chi connectivity index (χ1v) is 4.48. The summed E-state index contributed by atoms with van der Waals surface area (Å²) in [7, 11) is 0. The van der Waals surface area contributed by atoms with Crippen molar-refractivity contribution in [3.8, 4) is 0 Å². The maximum Gasteiger partial charge on any atom is 0.268 e. The monoisotopic (exact) mass is 244 g/mol. The van der Waals surface area contributed by atoms with Gasteiger partial charge in [-0.05, 0) is 12.8 Å². The summed E-state index contributed by atoms with van der Waals surface area (Å²) in [6.45, 7) is 0. The Morgan fingerprint density at radius 1 is 1.47 bits per heavy atom. The molecule has 0 bridgehead atoms. The molecule has 1 amide bonds. The first kappa shape index (κ1) is 14.5. The predicted octanol–water partition coefficient (Wildman–Crippen LogP) is 0.0171. The van der Waals surface area contributed by atoms with Crippen molar-refractivity contribution >= 4 is 18.3 Å². The van der Waals surface area contributed by atoms with Gasteiger partial charge in [-0.3, -0.25) is 4.79 Å². The Balaban J connectivity index is 0.00000196. The van der Waals surface area contributed by atoms with Crippen LogP contribution in [-0.2, 0) is 4.79 Å². The van der Waals surface area contributed by atoms with E-state index < -0.39 is 29.9 Å². The largest absolute Gasteiger partial charge is 0.381 e. The fourth-order valence-corrected chi connectivity index (χ4v) is 1.45. The Morgan fingerprint density at radius 2 is 1.93 bits per heavy atom. The second kappa shape index (κ2) is 5.05. The van der Waals surface area contributed by atoms with Crippen molar-refractivity contribution in [2.24, 2.45) is 17.4 Å². The molecular formula is C8H15ClF2N2O2. The van der Waals surface area contributed by atoms with Gasteiger partial charge in [0, 0.05) is 5.92 Å². The highest BCUT2D eigenvalue weighted by molar-refractivity contribution is 5.85. The molecule has 0 aromatic rings. The molecule has 0 spiro atoms. The normalized spacial score (nSPS) is 21.1. The lowest BCUT2D eigenvalue weighted by molar-refractivity contribution is -0.148. The lowest BCUT2D eigenvalue weighted by Gasteiger charge is -2.37. The Labute approximate surface area is 92.4 Å². The van der Waals surface area contributed by atoms with Crippen LogP contribution in [0.4, 0.5) is 8.78 Å². The average Bonchev–Trinajstić information content (AvgIpc) is 1.97. The number of aliphatic hydroxyl groups is 1. The Morgan fingerprint density at radius 3 is 2.20 bits per heavy atom. The predicted molar refractivity (Wildman–Crippen MR) is 52.7 cm³/mol.